The predicted molar refractivity (Wildman–Crippen MR) is 65.9 cm³/mol. The van der Waals surface area contributed by atoms with Crippen molar-refractivity contribution < 1.29 is 19.7 Å². The molecular weight excluding hydrogens is 224 g/mol. The monoisotopic (exact) mass is 250 g/mol. The highest BCUT2D eigenvalue weighted by molar-refractivity contribution is 4.56. The third-order valence-electron chi connectivity index (χ3n) is 2.12. The molecule has 0 aliphatic carbocycles. The second-order valence-corrected chi connectivity index (χ2v) is 4.51. The number of hydrogen-bond donors (Lipinski definition) is 2. The molecule has 0 rings (SSSR count). The van der Waals surface area contributed by atoms with Gasteiger partial charge in [-0.3, -0.25) is 4.90 Å². The molecule has 2 atom stereocenters. The minimum Gasteiger partial charge on any atom is -0.389 e. The van der Waals surface area contributed by atoms with Crippen molar-refractivity contribution in [1.82, 2.24) is 9.80 Å². The second-order valence-electron chi connectivity index (χ2n) is 4.51. The fourth-order valence-electron chi connectivity index (χ4n) is 1.15. The van der Waals surface area contributed by atoms with Crippen LogP contribution in [-0.4, -0.2) is 93.5 Å². The summed E-state index contributed by atoms with van der Waals surface area (Å²) in [6.45, 7) is 1.98. The van der Waals surface area contributed by atoms with Gasteiger partial charge in [0, 0.05) is 6.54 Å². The van der Waals surface area contributed by atoms with Gasteiger partial charge in [-0.25, -0.2) is 0 Å². The molecule has 6 nitrogen and oxygen atoms in total. The van der Waals surface area contributed by atoms with Crippen LogP contribution in [0.3, 0.4) is 0 Å². The Kier molecular flexibility index (Phi) is 9.62. The van der Waals surface area contributed by atoms with E-state index in [1.807, 2.05) is 19.0 Å². The topological polar surface area (TPSA) is 65.4 Å². The maximum Gasteiger partial charge on any atom is 0.130 e. The van der Waals surface area contributed by atoms with E-state index in [1.165, 1.54) is 0 Å². The molecule has 6 heteroatoms. The van der Waals surface area contributed by atoms with Crippen LogP contribution >= 0.6 is 0 Å². The van der Waals surface area contributed by atoms with Crippen LogP contribution in [-0.2, 0) is 9.47 Å². The average molecular weight is 250 g/mol. The quantitative estimate of drug-likeness (QED) is 0.376. The largest absolute Gasteiger partial charge is 0.389 e. The number of nitrogens with zero attached hydrogens (tertiary/aromatic N) is 2. The number of likely N-dealkylation sites (N-methyl/N-ethyl adjacent to an activating group) is 2. The lowest BCUT2D eigenvalue weighted by molar-refractivity contribution is -0.0557. The molecule has 0 aliphatic heterocycles. The maximum atomic E-state index is 9.48. The Labute approximate surface area is 104 Å². The maximum absolute atomic E-state index is 9.48. The fraction of sp³-hybridized carbons (Fsp3) is 1.00. The van der Waals surface area contributed by atoms with Crippen molar-refractivity contribution in [1.29, 1.82) is 0 Å². The summed E-state index contributed by atoms with van der Waals surface area (Å²) in [4.78, 5) is 3.57. The molecule has 0 aromatic heterocycles. The van der Waals surface area contributed by atoms with Gasteiger partial charge in [0.05, 0.1) is 32.5 Å². The second kappa shape index (κ2) is 9.76. The van der Waals surface area contributed by atoms with Gasteiger partial charge in [0.15, 0.2) is 0 Å². The molecule has 17 heavy (non-hydrogen) atoms. The highest BCUT2D eigenvalue weighted by atomic mass is 16.5. The minimum absolute atomic E-state index is 0.261. The van der Waals surface area contributed by atoms with Gasteiger partial charge in [0.1, 0.15) is 6.23 Å². The zero-order valence-electron chi connectivity index (χ0n) is 11.3. The first-order valence-electron chi connectivity index (χ1n) is 5.76. The summed E-state index contributed by atoms with van der Waals surface area (Å²) in [6, 6.07) is 0. The lowest BCUT2D eigenvalue weighted by atomic mass is 10.3. The molecule has 0 radical (unpaired) electrons. The molecule has 0 amide bonds. The Hall–Kier alpha value is -0.240. The van der Waals surface area contributed by atoms with E-state index in [2.05, 4.69) is 0 Å². The Balaban J connectivity index is 3.29. The van der Waals surface area contributed by atoms with E-state index in [4.69, 9.17) is 9.47 Å². The first-order valence-corrected chi connectivity index (χ1v) is 5.76. The summed E-state index contributed by atoms with van der Waals surface area (Å²) < 4.78 is 10.5. The van der Waals surface area contributed by atoms with Crippen LogP contribution in [0.15, 0.2) is 0 Å². The van der Waals surface area contributed by atoms with E-state index in [1.54, 1.807) is 19.0 Å². The third-order valence-corrected chi connectivity index (χ3v) is 2.12. The summed E-state index contributed by atoms with van der Waals surface area (Å²) in [5.41, 5.74) is 0. The Bertz CT molecular complexity index is 179. The molecule has 0 fully saturated rings. The lowest BCUT2D eigenvalue weighted by Gasteiger charge is -2.18. The van der Waals surface area contributed by atoms with Gasteiger partial charge < -0.3 is 24.6 Å². The van der Waals surface area contributed by atoms with Crippen molar-refractivity contribution in [2.24, 2.45) is 0 Å². The van der Waals surface area contributed by atoms with Crippen molar-refractivity contribution in [3.8, 4) is 0 Å². The number of aliphatic hydroxyl groups excluding tert-OH is 2. The van der Waals surface area contributed by atoms with Gasteiger partial charge in [-0.1, -0.05) is 0 Å². The molecule has 0 spiro atoms. The average Bonchev–Trinajstić information content (AvgIpc) is 2.21. The minimum atomic E-state index is -0.589. The molecule has 0 aliphatic rings. The first-order chi connectivity index (χ1) is 7.93. The zero-order valence-corrected chi connectivity index (χ0v) is 11.3. The number of rotatable bonds is 10. The summed E-state index contributed by atoms with van der Waals surface area (Å²) >= 11 is 0. The summed E-state index contributed by atoms with van der Waals surface area (Å²) in [5, 5.41) is 18.9. The lowest BCUT2D eigenvalue weighted by Crippen LogP contribution is -2.32. The molecule has 0 aromatic rings. The molecule has 0 saturated carbocycles. The number of hydrogen-bond acceptors (Lipinski definition) is 6. The van der Waals surface area contributed by atoms with E-state index in [0.29, 0.717) is 26.4 Å². The SMILES string of the molecule is CN(C)CC(O)COCCOCC(O)N(C)C. The van der Waals surface area contributed by atoms with Crippen LogP contribution in [0.5, 0.6) is 0 Å². The Morgan fingerprint density at radius 1 is 0.941 bits per heavy atom. The van der Waals surface area contributed by atoms with Crippen LogP contribution in [0.1, 0.15) is 0 Å². The fourth-order valence-corrected chi connectivity index (χ4v) is 1.15. The smallest absolute Gasteiger partial charge is 0.130 e. The predicted octanol–water partition coefficient (Wildman–Crippen LogP) is -1.18. The summed E-state index contributed by atoms with van der Waals surface area (Å²) in [6.07, 6.45) is -1.06. The molecule has 0 aromatic carbocycles. The summed E-state index contributed by atoms with van der Waals surface area (Å²) in [5.74, 6) is 0. The van der Waals surface area contributed by atoms with Gasteiger partial charge in [0.25, 0.3) is 0 Å². The van der Waals surface area contributed by atoms with Crippen molar-refractivity contribution >= 4 is 0 Å². The standard InChI is InChI=1S/C11H26N2O4/c1-12(2)7-10(14)8-16-5-6-17-9-11(15)13(3)4/h10-11,14-15H,5-9H2,1-4H3. The normalized spacial score (nSPS) is 15.5. The van der Waals surface area contributed by atoms with Crippen LogP contribution in [0.4, 0.5) is 0 Å². The highest BCUT2D eigenvalue weighted by Crippen LogP contribution is 1.91. The Morgan fingerprint density at radius 2 is 1.47 bits per heavy atom. The zero-order chi connectivity index (χ0) is 13.3. The van der Waals surface area contributed by atoms with Crippen LogP contribution < -0.4 is 0 Å². The van der Waals surface area contributed by atoms with Gasteiger partial charge in [-0.15, -0.1) is 0 Å². The van der Waals surface area contributed by atoms with Crippen LogP contribution in [0.2, 0.25) is 0 Å². The van der Waals surface area contributed by atoms with Crippen LogP contribution in [0, 0.1) is 0 Å². The third kappa shape index (κ3) is 10.6. The molecule has 2 unspecified atom stereocenters. The van der Waals surface area contributed by atoms with E-state index < -0.39 is 12.3 Å². The number of ether oxygens (including phenoxy) is 2. The van der Waals surface area contributed by atoms with Crippen molar-refractivity contribution in [2.75, 3.05) is 61.2 Å². The van der Waals surface area contributed by atoms with Gasteiger partial charge in [-0.2, -0.15) is 0 Å². The Morgan fingerprint density at radius 3 is 1.94 bits per heavy atom. The van der Waals surface area contributed by atoms with E-state index >= 15 is 0 Å². The van der Waals surface area contributed by atoms with E-state index in [0.717, 1.165) is 0 Å². The van der Waals surface area contributed by atoms with Crippen molar-refractivity contribution in [2.45, 2.75) is 12.3 Å². The van der Waals surface area contributed by atoms with Crippen molar-refractivity contribution in [3.05, 3.63) is 0 Å². The van der Waals surface area contributed by atoms with Crippen molar-refractivity contribution in [3.63, 3.8) is 0 Å². The summed E-state index contributed by atoms with van der Waals surface area (Å²) in [7, 11) is 7.36. The van der Waals surface area contributed by atoms with E-state index in [9.17, 15) is 10.2 Å². The van der Waals surface area contributed by atoms with Crippen LogP contribution in [0.25, 0.3) is 0 Å². The highest BCUT2D eigenvalue weighted by Gasteiger charge is 2.07. The van der Waals surface area contributed by atoms with E-state index in [-0.39, 0.29) is 6.61 Å². The van der Waals surface area contributed by atoms with Gasteiger partial charge >= 0.3 is 0 Å². The molecule has 0 bridgehead atoms. The molecule has 2 N–H and O–H groups in total. The first kappa shape index (κ1) is 16.8. The van der Waals surface area contributed by atoms with Gasteiger partial charge in [0.2, 0.25) is 0 Å². The molecular formula is C11H26N2O4. The molecule has 0 heterocycles. The number of aliphatic hydroxyl groups is 2. The van der Waals surface area contributed by atoms with Gasteiger partial charge in [-0.05, 0) is 28.2 Å². The molecule has 104 valence electrons. The molecule has 0 saturated heterocycles.